The highest BCUT2D eigenvalue weighted by Gasteiger charge is 2.42. The second-order valence-electron chi connectivity index (χ2n) is 5.34. The van der Waals surface area contributed by atoms with Crippen LogP contribution in [0.1, 0.15) is 31.9 Å². The molecule has 3 atom stereocenters. The lowest BCUT2D eigenvalue weighted by Crippen LogP contribution is -2.41. The van der Waals surface area contributed by atoms with E-state index in [2.05, 4.69) is 10.0 Å². The van der Waals surface area contributed by atoms with Crippen molar-refractivity contribution in [3.8, 4) is 0 Å². The van der Waals surface area contributed by atoms with Crippen molar-refractivity contribution in [3.63, 3.8) is 0 Å². The molecule has 0 aromatic carbocycles. The maximum absolute atomic E-state index is 12.3. The number of furan rings is 1. The van der Waals surface area contributed by atoms with Gasteiger partial charge in [0, 0.05) is 0 Å². The van der Waals surface area contributed by atoms with E-state index in [0.29, 0.717) is 12.3 Å². The summed E-state index contributed by atoms with van der Waals surface area (Å²) in [6, 6.07) is 3.07. The minimum Gasteiger partial charge on any atom is -0.447 e. The first-order valence-electron chi connectivity index (χ1n) is 7.05. The first-order valence-corrected chi connectivity index (χ1v) is 8.54. The van der Waals surface area contributed by atoms with Gasteiger partial charge in [-0.25, -0.2) is 13.1 Å². The summed E-state index contributed by atoms with van der Waals surface area (Å²) in [5.41, 5.74) is 0. The molecule has 2 bridgehead atoms. The van der Waals surface area contributed by atoms with Gasteiger partial charge in [0.05, 0.1) is 24.8 Å². The average Bonchev–Trinajstić information content (AvgIpc) is 3.11. The smallest absolute Gasteiger partial charge is 0.274 e. The van der Waals surface area contributed by atoms with Crippen molar-refractivity contribution in [3.05, 3.63) is 17.9 Å². The van der Waals surface area contributed by atoms with Crippen LogP contribution in [0.3, 0.4) is 0 Å². The summed E-state index contributed by atoms with van der Waals surface area (Å²) in [5.74, 6) is 0.622. The van der Waals surface area contributed by atoms with Crippen LogP contribution < -0.4 is 10.0 Å². The summed E-state index contributed by atoms with van der Waals surface area (Å²) >= 11 is 0. The lowest BCUT2D eigenvalue weighted by Gasteiger charge is -2.18. The van der Waals surface area contributed by atoms with Crippen LogP contribution in [0.15, 0.2) is 21.6 Å². The van der Waals surface area contributed by atoms with Crippen LogP contribution in [0.25, 0.3) is 0 Å². The van der Waals surface area contributed by atoms with Crippen molar-refractivity contribution < 1.29 is 17.6 Å². The molecular formula is C13H20N2O4S. The van der Waals surface area contributed by atoms with E-state index in [-0.39, 0.29) is 23.3 Å². The molecule has 0 amide bonds. The van der Waals surface area contributed by atoms with E-state index >= 15 is 0 Å². The van der Waals surface area contributed by atoms with E-state index in [9.17, 15) is 8.42 Å². The van der Waals surface area contributed by atoms with Crippen LogP contribution in [-0.2, 0) is 21.3 Å². The Morgan fingerprint density at radius 1 is 1.35 bits per heavy atom. The Hall–Kier alpha value is -0.890. The molecule has 1 aromatic rings. The molecule has 0 saturated carbocycles. The number of sulfonamides is 1. The molecule has 2 fully saturated rings. The zero-order valence-electron chi connectivity index (χ0n) is 11.5. The molecule has 2 aliphatic heterocycles. The summed E-state index contributed by atoms with van der Waals surface area (Å²) < 4.78 is 38.3. The molecular weight excluding hydrogens is 280 g/mol. The second-order valence-corrected chi connectivity index (χ2v) is 6.98. The number of ether oxygens (including phenoxy) is 1. The first kappa shape index (κ1) is 14.1. The van der Waals surface area contributed by atoms with Crippen molar-refractivity contribution in [1.29, 1.82) is 0 Å². The third kappa shape index (κ3) is 2.76. The Morgan fingerprint density at radius 3 is 2.85 bits per heavy atom. The van der Waals surface area contributed by atoms with Crippen molar-refractivity contribution in [1.82, 2.24) is 10.0 Å². The number of rotatable bonds is 6. The molecule has 20 heavy (non-hydrogen) atoms. The van der Waals surface area contributed by atoms with Gasteiger partial charge >= 0.3 is 0 Å². The molecule has 7 heteroatoms. The minimum absolute atomic E-state index is 0.0194. The number of fused-ring (bicyclic) bond motifs is 2. The van der Waals surface area contributed by atoms with E-state index in [1.807, 2.05) is 6.92 Å². The molecule has 0 radical (unpaired) electrons. The zero-order valence-corrected chi connectivity index (χ0v) is 12.3. The highest BCUT2D eigenvalue weighted by Crippen LogP contribution is 2.35. The molecule has 0 spiro atoms. The van der Waals surface area contributed by atoms with Crippen LogP contribution in [0, 0.1) is 0 Å². The van der Waals surface area contributed by atoms with Crippen molar-refractivity contribution >= 4 is 10.0 Å². The Bertz CT molecular complexity index is 569. The lowest BCUT2D eigenvalue weighted by molar-refractivity contribution is 0.0995. The van der Waals surface area contributed by atoms with Gasteiger partial charge in [-0.05, 0) is 37.9 Å². The fourth-order valence-corrected chi connectivity index (χ4v) is 4.09. The lowest BCUT2D eigenvalue weighted by atomic mass is 9.96. The van der Waals surface area contributed by atoms with Crippen molar-refractivity contribution in [2.45, 2.75) is 56.1 Å². The van der Waals surface area contributed by atoms with E-state index < -0.39 is 10.0 Å². The third-order valence-electron chi connectivity index (χ3n) is 3.86. The molecule has 2 N–H and O–H groups in total. The van der Waals surface area contributed by atoms with Gasteiger partial charge in [-0.3, -0.25) is 0 Å². The maximum Gasteiger partial charge on any atom is 0.274 e. The zero-order chi connectivity index (χ0) is 14.2. The van der Waals surface area contributed by atoms with Gasteiger partial charge in [0.2, 0.25) is 5.09 Å². The standard InChI is InChI=1S/C13H20N2O4S/c1-2-14-8-10-4-6-13(19-10)20(16,17)15-11-7-9-3-5-12(11)18-9/h4,6,9,11-12,14-15H,2-3,5,7-8H2,1H3. The van der Waals surface area contributed by atoms with Crippen molar-refractivity contribution in [2.24, 2.45) is 0 Å². The molecule has 3 unspecified atom stereocenters. The van der Waals surface area contributed by atoms with Crippen LogP contribution >= 0.6 is 0 Å². The normalized spacial score (nSPS) is 29.1. The van der Waals surface area contributed by atoms with E-state index in [1.165, 1.54) is 6.07 Å². The van der Waals surface area contributed by atoms with Gasteiger partial charge in [0.1, 0.15) is 5.76 Å². The van der Waals surface area contributed by atoms with E-state index in [0.717, 1.165) is 25.8 Å². The summed E-state index contributed by atoms with van der Waals surface area (Å²) in [6.45, 7) is 3.32. The Labute approximate surface area is 118 Å². The quantitative estimate of drug-likeness (QED) is 0.819. The number of nitrogens with one attached hydrogen (secondary N) is 2. The average molecular weight is 300 g/mol. The number of hydrogen-bond donors (Lipinski definition) is 2. The molecule has 2 aliphatic rings. The molecule has 2 saturated heterocycles. The third-order valence-corrected chi connectivity index (χ3v) is 5.23. The van der Waals surface area contributed by atoms with Crippen molar-refractivity contribution in [2.75, 3.05) is 6.54 Å². The largest absolute Gasteiger partial charge is 0.447 e. The first-order chi connectivity index (χ1) is 9.58. The molecule has 6 nitrogen and oxygen atoms in total. The molecule has 112 valence electrons. The second kappa shape index (κ2) is 5.48. The van der Waals surface area contributed by atoms with Gasteiger partial charge in [0.25, 0.3) is 10.0 Å². The van der Waals surface area contributed by atoms with E-state index in [4.69, 9.17) is 9.15 Å². The van der Waals surface area contributed by atoms with Crippen LogP contribution in [0.4, 0.5) is 0 Å². The Balaban J connectivity index is 1.67. The van der Waals surface area contributed by atoms with Gasteiger partial charge in [-0.15, -0.1) is 0 Å². The van der Waals surface area contributed by atoms with Crippen LogP contribution in [0.5, 0.6) is 0 Å². The molecule has 1 aromatic heterocycles. The van der Waals surface area contributed by atoms with Gasteiger partial charge in [-0.1, -0.05) is 6.92 Å². The Morgan fingerprint density at radius 2 is 2.20 bits per heavy atom. The predicted octanol–water partition coefficient (Wildman–Crippen LogP) is 0.987. The van der Waals surface area contributed by atoms with Crippen LogP contribution in [-0.4, -0.2) is 33.2 Å². The number of hydrogen-bond acceptors (Lipinski definition) is 5. The van der Waals surface area contributed by atoms with E-state index in [1.54, 1.807) is 6.07 Å². The molecule has 3 heterocycles. The van der Waals surface area contributed by atoms with Gasteiger partial charge in [-0.2, -0.15) is 0 Å². The topological polar surface area (TPSA) is 80.6 Å². The summed E-state index contributed by atoms with van der Waals surface area (Å²) in [5, 5.41) is 3.08. The van der Waals surface area contributed by atoms with Crippen LogP contribution in [0.2, 0.25) is 0 Å². The molecule has 0 aliphatic carbocycles. The fraction of sp³-hybridized carbons (Fsp3) is 0.692. The summed E-state index contributed by atoms with van der Waals surface area (Å²) in [7, 11) is -3.59. The van der Waals surface area contributed by atoms with Gasteiger partial charge in [0.15, 0.2) is 0 Å². The predicted molar refractivity (Wildman–Crippen MR) is 72.7 cm³/mol. The highest BCUT2D eigenvalue weighted by atomic mass is 32.2. The van der Waals surface area contributed by atoms with Gasteiger partial charge < -0.3 is 14.5 Å². The highest BCUT2D eigenvalue weighted by molar-refractivity contribution is 7.89. The molecule has 3 rings (SSSR count). The maximum atomic E-state index is 12.3. The minimum atomic E-state index is -3.59. The fourth-order valence-electron chi connectivity index (χ4n) is 2.87. The monoisotopic (exact) mass is 300 g/mol. The SMILES string of the molecule is CCNCc1ccc(S(=O)(=O)NC2CC3CCC2O3)o1. The Kier molecular flexibility index (Phi) is 3.85. The summed E-state index contributed by atoms with van der Waals surface area (Å²) in [6.07, 6.45) is 2.96. The summed E-state index contributed by atoms with van der Waals surface area (Å²) in [4.78, 5) is 0.